The van der Waals surface area contributed by atoms with E-state index in [2.05, 4.69) is 0 Å². The molecule has 0 bridgehead atoms. The topological polar surface area (TPSA) is 20.3 Å². The van der Waals surface area contributed by atoms with Crippen LogP contribution in [0.15, 0.2) is 0 Å². The van der Waals surface area contributed by atoms with Crippen LogP contribution in [0.4, 0.5) is 13.2 Å². The van der Waals surface area contributed by atoms with Gasteiger partial charge in [-0.3, -0.25) is 4.79 Å². The van der Waals surface area contributed by atoms with E-state index in [-0.39, 0.29) is 5.54 Å². The molecule has 0 N–H and O–H groups in total. The molecule has 6 heteroatoms. The molecular weight excluding hydrogens is 211 g/mol. The minimum atomic E-state index is -4.76. The Balaban J connectivity index is 4.80. The van der Waals surface area contributed by atoms with Crippen molar-refractivity contribution in [1.29, 1.82) is 0 Å². The minimum absolute atomic E-state index is 0.0961. The fraction of sp³-hybridized carbons (Fsp3) is 0.875. The maximum Gasteiger partial charge on any atom is 0.470 e. The second-order valence-electron chi connectivity index (χ2n) is 4.17. The molecule has 0 aliphatic carbocycles. The maximum atomic E-state index is 12.1. The lowest BCUT2D eigenvalue weighted by Crippen LogP contribution is -2.55. The number of alkyl halides is 3. The predicted octanol–water partition coefficient (Wildman–Crippen LogP) is 2.62. The van der Waals surface area contributed by atoms with Crippen LogP contribution in [0.5, 0.6) is 0 Å². The van der Waals surface area contributed by atoms with Crippen LogP contribution < -0.4 is 0 Å². The Hall–Kier alpha value is -0.523. The van der Waals surface area contributed by atoms with E-state index in [0.717, 1.165) is 4.57 Å². The monoisotopic (exact) mass is 227 g/mol. The van der Waals surface area contributed by atoms with Crippen LogP contribution in [0, 0.1) is 0 Å². The van der Waals surface area contributed by atoms with Crippen molar-refractivity contribution in [1.82, 2.24) is 4.57 Å². The quantitative estimate of drug-likeness (QED) is 0.664. The number of carbonyl (C=O) groups is 1. The fourth-order valence-electron chi connectivity index (χ4n) is 0.839. The molecule has 0 aromatic rings. The molecule has 2 nitrogen and oxygen atoms in total. The normalized spacial score (nSPS) is 13.2. The summed E-state index contributed by atoms with van der Waals surface area (Å²) in [4.78, 5) is 11.0. The van der Waals surface area contributed by atoms with E-state index in [1.807, 2.05) is 13.8 Å². The molecule has 0 unspecified atom stereocenters. The van der Waals surface area contributed by atoms with Crippen LogP contribution >= 0.6 is 0 Å². The molecule has 0 fully saturated rings. The zero-order valence-corrected chi connectivity index (χ0v) is 10.1. The summed E-state index contributed by atoms with van der Waals surface area (Å²) in [5.41, 5.74) is 0.0961. The van der Waals surface area contributed by atoms with Gasteiger partial charge in [0, 0.05) is 7.05 Å². The van der Waals surface area contributed by atoms with E-state index >= 15 is 0 Å². The lowest BCUT2D eigenvalue weighted by Gasteiger charge is -2.37. The standard InChI is InChI=1S/C8H16F3NOSi/c1-6(2)14(4,5)12(3)7(13)8(9,10)11/h6H,1-5H3. The third-order valence-electron chi connectivity index (χ3n) is 2.82. The number of rotatable bonds is 2. The Morgan fingerprint density at radius 3 is 1.86 bits per heavy atom. The van der Waals surface area contributed by atoms with Gasteiger partial charge in [-0.15, -0.1) is 0 Å². The first-order valence-corrected chi connectivity index (χ1v) is 7.38. The average Bonchev–Trinajstić information content (AvgIpc) is 1.99. The van der Waals surface area contributed by atoms with E-state index in [4.69, 9.17) is 0 Å². The Labute approximate surface area is 83.2 Å². The lowest BCUT2D eigenvalue weighted by molar-refractivity contribution is -0.180. The first-order valence-electron chi connectivity index (χ1n) is 4.36. The highest BCUT2D eigenvalue weighted by atomic mass is 28.3. The Morgan fingerprint density at radius 2 is 1.64 bits per heavy atom. The third-order valence-corrected chi connectivity index (χ3v) is 7.58. The zero-order chi connectivity index (χ0) is 11.7. The summed E-state index contributed by atoms with van der Waals surface area (Å²) in [6.07, 6.45) is -4.76. The van der Waals surface area contributed by atoms with Crippen molar-refractivity contribution in [3.05, 3.63) is 0 Å². The average molecular weight is 227 g/mol. The van der Waals surface area contributed by atoms with Crippen LogP contribution in [-0.4, -0.2) is 31.9 Å². The summed E-state index contributed by atoms with van der Waals surface area (Å²) in [5, 5.41) is 0. The van der Waals surface area contributed by atoms with E-state index in [0.29, 0.717) is 0 Å². The van der Waals surface area contributed by atoms with E-state index < -0.39 is 20.3 Å². The first-order chi connectivity index (χ1) is 6.01. The Kier molecular flexibility index (Phi) is 3.77. The van der Waals surface area contributed by atoms with Crippen molar-refractivity contribution in [3.63, 3.8) is 0 Å². The smallest absolute Gasteiger partial charge is 0.364 e. The molecule has 84 valence electrons. The van der Waals surface area contributed by atoms with Gasteiger partial charge in [0.2, 0.25) is 0 Å². The van der Waals surface area contributed by atoms with Gasteiger partial charge in [0.15, 0.2) is 8.24 Å². The molecule has 14 heavy (non-hydrogen) atoms. The first kappa shape index (κ1) is 13.5. The SMILES string of the molecule is CC(C)[Si](C)(C)N(C)C(=O)C(F)(F)F. The van der Waals surface area contributed by atoms with Gasteiger partial charge in [0.25, 0.3) is 0 Å². The Morgan fingerprint density at radius 1 is 1.29 bits per heavy atom. The molecule has 0 radical (unpaired) electrons. The molecule has 0 aliphatic heterocycles. The summed E-state index contributed by atoms with van der Waals surface area (Å²) in [7, 11) is -1.05. The highest BCUT2D eigenvalue weighted by Gasteiger charge is 2.46. The predicted molar refractivity (Wildman–Crippen MR) is 51.4 cm³/mol. The van der Waals surface area contributed by atoms with Crippen LogP contribution in [-0.2, 0) is 4.79 Å². The van der Waals surface area contributed by atoms with Crippen LogP contribution in [0.2, 0.25) is 18.6 Å². The summed E-state index contributed by atoms with van der Waals surface area (Å²) < 4.78 is 37.3. The molecule has 0 aliphatic rings. The van der Waals surface area contributed by atoms with Gasteiger partial charge in [0.05, 0.1) is 0 Å². The van der Waals surface area contributed by atoms with Gasteiger partial charge in [0.1, 0.15) is 0 Å². The largest absolute Gasteiger partial charge is 0.470 e. The highest BCUT2D eigenvalue weighted by molar-refractivity contribution is 6.77. The van der Waals surface area contributed by atoms with Gasteiger partial charge >= 0.3 is 12.1 Å². The molecule has 0 aromatic carbocycles. The number of amides is 1. The molecule has 0 saturated carbocycles. The molecule has 0 rings (SSSR count). The van der Waals surface area contributed by atoms with E-state index in [9.17, 15) is 18.0 Å². The number of hydrogen-bond acceptors (Lipinski definition) is 1. The van der Waals surface area contributed by atoms with Gasteiger partial charge < -0.3 is 4.57 Å². The number of nitrogens with zero attached hydrogens (tertiary/aromatic N) is 1. The number of halogens is 3. The highest BCUT2D eigenvalue weighted by Crippen LogP contribution is 2.27. The molecule has 0 aromatic heterocycles. The molecule has 1 amide bonds. The molecule has 0 heterocycles. The fourth-order valence-corrected chi connectivity index (χ4v) is 2.26. The van der Waals surface area contributed by atoms with E-state index in [1.165, 1.54) is 7.05 Å². The van der Waals surface area contributed by atoms with Gasteiger partial charge in [-0.05, 0) is 5.54 Å². The van der Waals surface area contributed by atoms with Crippen LogP contribution in [0.25, 0.3) is 0 Å². The van der Waals surface area contributed by atoms with Crippen molar-refractivity contribution in [2.75, 3.05) is 7.05 Å². The van der Waals surface area contributed by atoms with Crippen molar-refractivity contribution < 1.29 is 18.0 Å². The molecule has 0 spiro atoms. The van der Waals surface area contributed by atoms with Crippen molar-refractivity contribution >= 4 is 14.1 Å². The summed E-state index contributed by atoms with van der Waals surface area (Å²) in [6, 6.07) is 0. The minimum Gasteiger partial charge on any atom is -0.364 e. The number of carbonyl (C=O) groups excluding carboxylic acids is 1. The van der Waals surface area contributed by atoms with E-state index in [1.54, 1.807) is 13.1 Å². The molecule has 0 saturated heterocycles. The summed E-state index contributed by atoms with van der Waals surface area (Å²) in [6.45, 7) is 7.18. The van der Waals surface area contributed by atoms with Gasteiger partial charge in [-0.2, -0.15) is 13.2 Å². The van der Waals surface area contributed by atoms with Gasteiger partial charge in [-0.1, -0.05) is 26.9 Å². The molecular formula is C8H16F3NOSi. The summed E-state index contributed by atoms with van der Waals surface area (Å²) >= 11 is 0. The zero-order valence-electron chi connectivity index (χ0n) is 9.07. The third kappa shape index (κ3) is 2.73. The number of hydrogen-bond donors (Lipinski definition) is 0. The second kappa shape index (κ2) is 3.92. The second-order valence-corrected chi connectivity index (χ2v) is 9.30. The Bertz CT molecular complexity index is 225. The molecule has 0 atom stereocenters. The van der Waals surface area contributed by atoms with Crippen molar-refractivity contribution in [3.8, 4) is 0 Å². The van der Waals surface area contributed by atoms with Crippen molar-refractivity contribution in [2.24, 2.45) is 0 Å². The van der Waals surface area contributed by atoms with Crippen LogP contribution in [0.3, 0.4) is 0 Å². The lowest BCUT2D eigenvalue weighted by atomic mass is 10.6. The summed E-state index contributed by atoms with van der Waals surface area (Å²) in [5.74, 6) is -1.73. The maximum absolute atomic E-state index is 12.1. The van der Waals surface area contributed by atoms with Crippen molar-refractivity contribution in [2.45, 2.75) is 38.7 Å². The van der Waals surface area contributed by atoms with Crippen LogP contribution in [0.1, 0.15) is 13.8 Å². The van der Waals surface area contributed by atoms with Gasteiger partial charge in [-0.25, -0.2) is 0 Å².